The lowest BCUT2D eigenvalue weighted by Crippen LogP contribution is -2.31. The molecule has 3 rings (SSSR count). The van der Waals surface area contributed by atoms with Crippen LogP contribution >= 0.6 is 11.6 Å². The predicted octanol–water partition coefficient (Wildman–Crippen LogP) is 5.63. The molecular formula is C24H28ClN3O4. The van der Waals surface area contributed by atoms with Gasteiger partial charge in [-0.05, 0) is 43.2 Å². The SMILES string of the molecule is CCCCOc1ccc(C(=O)N(CCC)Cc2nnc(-c3ccccc3Cl)o2)cc1OC. The summed E-state index contributed by atoms with van der Waals surface area (Å²) in [5.74, 6) is 1.67. The fourth-order valence-corrected chi connectivity index (χ4v) is 3.39. The Bertz CT molecular complexity index is 1040. The summed E-state index contributed by atoms with van der Waals surface area (Å²) < 4.78 is 17.0. The Kier molecular flexibility index (Phi) is 8.50. The van der Waals surface area contributed by atoms with Crippen LogP contribution in [0.5, 0.6) is 11.5 Å². The van der Waals surface area contributed by atoms with Crippen LogP contribution in [0.2, 0.25) is 5.02 Å². The van der Waals surface area contributed by atoms with Gasteiger partial charge in [-0.15, -0.1) is 10.2 Å². The average Bonchev–Trinajstić information content (AvgIpc) is 3.27. The lowest BCUT2D eigenvalue weighted by atomic mass is 10.1. The van der Waals surface area contributed by atoms with Gasteiger partial charge >= 0.3 is 0 Å². The normalized spacial score (nSPS) is 10.8. The van der Waals surface area contributed by atoms with Crippen LogP contribution < -0.4 is 9.47 Å². The molecule has 0 radical (unpaired) electrons. The molecule has 0 spiro atoms. The molecular weight excluding hydrogens is 430 g/mol. The number of hydrogen-bond donors (Lipinski definition) is 0. The van der Waals surface area contributed by atoms with Gasteiger partial charge in [0.25, 0.3) is 5.91 Å². The first-order valence-electron chi connectivity index (χ1n) is 10.7. The molecule has 2 aromatic carbocycles. The Morgan fingerprint density at radius 2 is 1.91 bits per heavy atom. The van der Waals surface area contributed by atoms with Crippen LogP contribution in [0.25, 0.3) is 11.5 Å². The summed E-state index contributed by atoms with van der Waals surface area (Å²) >= 11 is 6.22. The van der Waals surface area contributed by atoms with Gasteiger partial charge in [0.15, 0.2) is 11.5 Å². The Labute approximate surface area is 193 Å². The molecule has 32 heavy (non-hydrogen) atoms. The number of ether oxygens (including phenoxy) is 2. The van der Waals surface area contributed by atoms with E-state index in [1.165, 1.54) is 0 Å². The van der Waals surface area contributed by atoms with Crippen molar-refractivity contribution in [3.05, 3.63) is 58.9 Å². The third-order valence-electron chi connectivity index (χ3n) is 4.84. The van der Waals surface area contributed by atoms with E-state index in [2.05, 4.69) is 17.1 Å². The van der Waals surface area contributed by atoms with Crippen molar-refractivity contribution in [1.82, 2.24) is 15.1 Å². The molecule has 0 aliphatic carbocycles. The van der Waals surface area contributed by atoms with E-state index in [0.717, 1.165) is 19.3 Å². The molecule has 7 nitrogen and oxygen atoms in total. The van der Waals surface area contributed by atoms with Crippen molar-refractivity contribution in [2.75, 3.05) is 20.3 Å². The molecule has 0 aliphatic heterocycles. The van der Waals surface area contributed by atoms with Crippen molar-refractivity contribution in [3.8, 4) is 23.0 Å². The number of unbranched alkanes of at least 4 members (excludes halogenated alkanes) is 1. The van der Waals surface area contributed by atoms with Gasteiger partial charge < -0.3 is 18.8 Å². The van der Waals surface area contributed by atoms with Gasteiger partial charge in [-0.2, -0.15) is 0 Å². The molecule has 8 heteroatoms. The summed E-state index contributed by atoms with van der Waals surface area (Å²) in [7, 11) is 1.56. The first-order valence-corrected chi connectivity index (χ1v) is 11.1. The van der Waals surface area contributed by atoms with Gasteiger partial charge in [-0.1, -0.05) is 44.0 Å². The zero-order valence-electron chi connectivity index (χ0n) is 18.6. The highest BCUT2D eigenvalue weighted by atomic mass is 35.5. The van der Waals surface area contributed by atoms with Crippen molar-refractivity contribution in [1.29, 1.82) is 0 Å². The summed E-state index contributed by atoms with van der Waals surface area (Å²) in [4.78, 5) is 14.9. The second-order valence-electron chi connectivity index (χ2n) is 7.28. The average molecular weight is 458 g/mol. The minimum Gasteiger partial charge on any atom is -0.493 e. The maximum Gasteiger partial charge on any atom is 0.254 e. The number of methoxy groups -OCH3 is 1. The number of rotatable bonds is 11. The number of benzene rings is 2. The molecule has 0 atom stereocenters. The molecule has 0 saturated heterocycles. The molecule has 1 aromatic heterocycles. The van der Waals surface area contributed by atoms with Crippen molar-refractivity contribution < 1.29 is 18.7 Å². The highest BCUT2D eigenvalue weighted by molar-refractivity contribution is 6.33. The van der Waals surface area contributed by atoms with Crippen LogP contribution in [-0.4, -0.2) is 41.3 Å². The quantitative estimate of drug-likeness (QED) is 0.347. The van der Waals surface area contributed by atoms with Crippen LogP contribution in [-0.2, 0) is 6.54 Å². The van der Waals surface area contributed by atoms with E-state index < -0.39 is 0 Å². The van der Waals surface area contributed by atoms with Crippen molar-refractivity contribution >= 4 is 17.5 Å². The van der Waals surface area contributed by atoms with Gasteiger partial charge in [0.1, 0.15) is 0 Å². The third-order valence-corrected chi connectivity index (χ3v) is 5.17. The molecule has 0 aliphatic rings. The maximum atomic E-state index is 13.2. The number of aromatic nitrogens is 2. The molecule has 0 saturated carbocycles. The lowest BCUT2D eigenvalue weighted by molar-refractivity contribution is 0.0728. The van der Waals surface area contributed by atoms with Crippen LogP contribution in [0.15, 0.2) is 46.9 Å². The Hall–Kier alpha value is -3.06. The molecule has 3 aromatic rings. The first kappa shape index (κ1) is 23.6. The Morgan fingerprint density at radius 1 is 1.09 bits per heavy atom. The maximum absolute atomic E-state index is 13.2. The van der Waals surface area contributed by atoms with Gasteiger partial charge in [-0.25, -0.2) is 0 Å². The summed E-state index contributed by atoms with van der Waals surface area (Å²) in [6, 6.07) is 12.5. The smallest absolute Gasteiger partial charge is 0.254 e. The van der Waals surface area contributed by atoms with E-state index in [9.17, 15) is 4.79 Å². The lowest BCUT2D eigenvalue weighted by Gasteiger charge is -2.21. The highest BCUT2D eigenvalue weighted by Crippen LogP contribution is 2.30. The third kappa shape index (κ3) is 5.79. The van der Waals surface area contributed by atoms with E-state index in [1.807, 2.05) is 25.1 Å². The molecule has 0 fully saturated rings. The zero-order chi connectivity index (χ0) is 22.9. The van der Waals surface area contributed by atoms with Crippen LogP contribution in [0, 0.1) is 0 Å². The second kappa shape index (κ2) is 11.5. The van der Waals surface area contributed by atoms with Crippen LogP contribution in [0.3, 0.4) is 0 Å². The van der Waals surface area contributed by atoms with Crippen molar-refractivity contribution in [2.45, 2.75) is 39.7 Å². The standard InChI is InChI=1S/C24H28ClN3O4/c1-4-6-14-31-20-12-11-17(15-21(20)30-3)24(29)28(13-5-2)16-22-26-27-23(32-22)18-9-7-8-10-19(18)25/h7-12,15H,4-6,13-14,16H2,1-3H3. The minimum absolute atomic E-state index is 0.150. The summed E-state index contributed by atoms with van der Waals surface area (Å²) in [6.07, 6.45) is 2.78. The number of nitrogens with zero attached hydrogens (tertiary/aromatic N) is 3. The summed E-state index contributed by atoms with van der Waals surface area (Å²) in [6.45, 7) is 5.45. The van der Waals surface area contributed by atoms with Gasteiger partial charge in [0, 0.05) is 12.1 Å². The number of hydrogen-bond acceptors (Lipinski definition) is 6. The van der Waals surface area contributed by atoms with Gasteiger partial charge in [0.05, 0.1) is 30.8 Å². The fraction of sp³-hybridized carbons (Fsp3) is 0.375. The number of amides is 1. The minimum atomic E-state index is -0.150. The number of carbonyl (C=O) groups is 1. The molecule has 1 heterocycles. The fourth-order valence-electron chi connectivity index (χ4n) is 3.18. The summed E-state index contributed by atoms with van der Waals surface area (Å²) in [5.41, 5.74) is 1.16. The van der Waals surface area contributed by atoms with E-state index in [4.69, 9.17) is 25.5 Å². The van der Waals surface area contributed by atoms with E-state index in [-0.39, 0.29) is 12.5 Å². The molecule has 0 bridgehead atoms. The molecule has 1 amide bonds. The summed E-state index contributed by atoms with van der Waals surface area (Å²) in [5, 5.41) is 8.72. The second-order valence-corrected chi connectivity index (χ2v) is 7.68. The van der Waals surface area contributed by atoms with Gasteiger partial charge in [0.2, 0.25) is 11.8 Å². The van der Waals surface area contributed by atoms with Crippen molar-refractivity contribution in [2.24, 2.45) is 0 Å². The topological polar surface area (TPSA) is 77.7 Å². The molecule has 0 unspecified atom stereocenters. The Balaban J connectivity index is 1.77. The Morgan fingerprint density at radius 3 is 2.62 bits per heavy atom. The first-order chi connectivity index (χ1) is 15.6. The van der Waals surface area contributed by atoms with Crippen LogP contribution in [0.4, 0.5) is 0 Å². The predicted molar refractivity (Wildman–Crippen MR) is 123 cm³/mol. The largest absolute Gasteiger partial charge is 0.493 e. The monoisotopic (exact) mass is 457 g/mol. The van der Waals surface area contributed by atoms with Gasteiger partial charge in [-0.3, -0.25) is 4.79 Å². The molecule has 170 valence electrons. The zero-order valence-corrected chi connectivity index (χ0v) is 19.4. The van der Waals surface area contributed by atoms with E-state index >= 15 is 0 Å². The molecule has 0 N–H and O–H groups in total. The highest BCUT2D eigenvalue weighted by Gasteiger charge is 2.21. The van der Waals surface area contributed by atoms with E-state index in [0.29, 0.717) is 52.6 Å². The van der Waals surface area contributed by atoms with E-state index in [1.54, 1.807) is 36.3 Å². The van der Waals surface area contributed by atoms with Crippen LogP contribution in [0.1, 0.15) is 49.4 Å². The van der Waals surface area contributed by atoms with Crippen molar-refractivity contribution in [3.63, 3.8) is 0 Å². The number of halogens is 1. The number of carbonyl (C=O) groups excluding carboxylic acids is 1.